The fourth-order valence-corrected chi connectivity index (χ4v) is 1.82. The summed E-state index contributed by atoms with van der Waals surface area (Å²) >= 11 is 0. The van der Waals surface area contributed by atoms with Crippen LogP contribution in [0.25, 0.3) is 5.82 Å². The Morgan fingerprint density at radius 3 is 2.73 bits per heavy atom. The van der Waals surface area contributed by atoms with E-state index in [-0.39, 0.29) is 24.0 Å². The number of nitrogens with zero attached hydrogens (tertiary/aromatic N) is 4. The third-order valence-electron chi connectivity index (χ3n) is 2.92. The zero-order valence-electron chi connectivity index (χ0n) is 12.6. The van der Waals surface area contributed by atoms with E-state index in [1.54, 1.807) is 13.2 Å². The summed E-state index contributed by atoms with van der Waals surface area (Å²) in [7, 11) is 1.70. The quantitative estimate of drug-likeness (QED) is 0.347. The smallest absolute Gasteiger partial charge is 0.192 e. The van der Waals surface area contributed by atoms with Crippen LogP contribution >= 0.6 is 24.0 Å². The molecule has 0 aliphatic carbocycles. The number of aryl methyl sites for hydroxylation is 1. The molecule has 0 fully saturated rings. The lowest BCUT2D eigenvalue weighted by molar-refractivity contribution is 0.842. The molecule has 0 bridgehead atoms. The van der Waals surface area contributed by atoms with Crippen molar-refractivity contribution in [2.75, 3.05) is 13.6 Å². The topological polar surface area (TPSA) is 67.1 Å². The predicted molar refractivity (Wildman–Crippen MR) is 98.5 cm³/mol. The van der Waals surface area contributed by atoms with Crippen molar-refractivity contribution in [1.29, 1.82) is 0 Å². The number of halogens is 1. The molecule has 7 heteroatoms. The summed E-state index contributed by atoms with van der Waals surface area (Å²) in [5, 5.41) is 6.17. The van der Waals surface area contributed by atoms with Crippen molar-refractivity contribution in [3.63, 3.8) is 0 Å². The highest BCUT2D eigenvalue weighted by Gasteiger charge is 2.02. The van der Waals surface area contributed by atoms with Gasteiger partial charge in [0.05, 0.1) is 6.54 Å². The molecule has 2 aromatic rings. The fourth-order valence-electron chi connectivity index (χ4n) is 1.82. The highest BCUT2D eigenvalue weighted by Crippen LogP contribution is 2.08. The minimum atomic E-state index is 0. The van der Waals surface area contributed by atoms with Crippen LogP contribution in [0, 0.1) is 19.3 Å². The Balaban J connectivity index is 0.00000242. The molecule has 0 saturated carbocycles. The maximum absolute atomic E-state index is 5.20. The average Bonchev–Trinajstić information content (AvgIpc) is 2.94. The van der Waals surface area contributed by atoms with Gasteiger partial charge in [-0.2, -0.15) is 0 Å². The summed E-state index contributed by atoms with van der Waals surface area (Å²) in [5.74, 6) is 4.94. The molecule has 0 unspecified atom stereocenters. The van der Waals surface area contributed by atoms with Crippen molar-refractivity contribution in [3.8, 4) is 18.2 Å². The molecule has 0 aliphatic rings. The van der Waals surface area contributed by atoms with Crippen molar-refractivity contribution in [2.45, 2.75) is 13.5 Å². The first-order chi connectivity index (χ1) is 10.2. The second kappa shape index (κ2) is 9.04. The maximum Gasteiger partial charge on any atom is 0.192 e. The maximum atomic E-state index is 5.20. The van der Waals surface area contributed by atoms with Crippen LogP contribution in [0.4, 0.5) is 0 Å². The van der Waals surface area contributed by atoms with Crippen LogP contribution in [0.3, 0.4) is 0 Å². The Labute approximate surface area is 147 Å². The number of imidazole rings is 1. The molecule has 2 heterocycles. The SMILES string of the molecule is C#CCNC(=NC)NCc1ccc(-n2ccnc2C)nc1.I. The molecule has 0 spiro atoms. The summed E-state index contributed by atoms with van der Waals surface area (Å²) < 4.78 is 1.94. The highest BCUT2D eigenvalue weighted by atomic mass is 127. The highest BCUT2D eigenvalue weighted by molar-refractivity contribution is 14.0. The minimum Gasteiger partial charge on any atom is -0.352 e. The normalized spacial score (nSPS) is 10.5. The van der Waals surface area contributed by atoms with Crippen LogP contribution in [0.15, 0.2) is 35.7 Å². The van der Waals surface area contributed by atoms with E-state index >= 15 is 0 Å². The van der Waals surface area contributed by atoms with Gasteiger partial charge in [-0.1, -0.05) is 12.0 Å². The van der Waals surface area contributed by atoms with Gasteiger partial charge in [0, 0.05) is 32.2 Å². The predicted octanol–water partition coefficient (Wildman–Crippen LogP) is 1.49. The Morgan fingerprint density at radius 2 is 2.18 bits per heavy atom. The van der Waals surface area contributed by atoms with Gasteiger partial charge in [-0.05, 0) is 18.6 Å². The number of aromatic nitrogens is 3. The average molecular weight is 410 g/mol. The Kier molecular flexibility index (Phi) is 7.39. The Morgan fingerprint density at radius 1 is 1.36 bits per heavy atom. The summed E-state index contributed by atoms with van der Waals surface area (Å²) in [5.41, 5.74) is 1.06. The van der Waals surface area contributed by atoms with Crippen LogP contribution in [0.2, 0.25) is 0 Å². The molecule has 116 valence electrons. The lowest BCUT2D eigenvalue weighted by Gasteiger charge is -2.10. The van der Waals surface area contributed by atoms with E-state index in [0.717, 1.165) is 17.2 Å². The Hall–Kier alpha value is -2.08. The second-order valence-electron chi connectivity index (χ2n) is 4.35. The first-order valence-corrected chi connectivity index (χ1v) is 6.58. The number of guanidine groups is 1. The third-order valence-corrected chi connectivity index (χ3v) is 2.92. The van der Waals surface area contributed by atoms with Crippen LogP contribution in [-0.2, 0) is 6.54 Å². The van der Waals surface area contributed by atoms with Crippen molar-refractivity contribution < 1.29 is 0 Å². The van der Waals surface area contributed by atoms with Crippen molar-refractivity contribution >= 4 is 29.9 Å². The molecule has 0 aliphatic heterocycles. The van der Waals surface area contributed by atoms with Gasteiger partial charge in [0.2, 0.25) is 0 Å². The molecule has 2 aromatic heterocycles. The third kappa shape index (κ3) is 4.73. The molecular weight excluding hydrogens is 391 g/mol. The molecule has 22 heavy (non-hydrogen) atoms. The minimum absolute atomic E-state index is 0. The monoisotopic (exact) mass is 410 g/mol. The van der Waals surface area contributed by atoms with E-state index < -0.39 is 0 Å². The van der Waals surface area contributed by atoms with Gasteiger partial charge in [-0.25, -0.2) is 9.97 Å². The van der Waals surface area contributed by atoms with Crippen LogP contribution < -0.4 is 10.6 Å². The van der Waals surface area contributed by atoms with E-state index in [0.29, 0.717) is 19.0 Å². The molecule has 6 nitrogen and oxygen atoms in total. The first-order valence-electron chi connectivity index (χ1n) is 6.58. The largest absolute Gasteiger partial charge is 0.352 e. The summed E-state index contributed by atoms with van der Waals surface area (Å²) in [6.45, 7) is 3.01. The van der Waals surface area contributed by atoms with E-state index in [1.807, 2.05) is 36.0 Å². The Bertz CT molecular complexity index is 653. The number of pyridine rings is 1. The van der Waals surface area contributed by atoms with Gasteiger partial charge in [-0.15, -0.1) is 30.4 Å². The summed E-state index contributed by atoms with van der Waals surface area (Å²) in [6.07, 6.45) is 10.7. The van der Waals surface area contributed by atoms with Gasteiger partial charge < -0.3 is 10.6 Å². The van der Waals surface area contributed by atoms with Crippen molar-refractivity contribution in [1.82, 2.24) is 25.2 Å². The number of terminal acetylenes is 1. The molecular formula is C15H19IN6. The van der Waals surface area contributed by atoms with Gasteiger partial charge in [0.1, 0.15) is 11.6 Å². The number of aliphatic imine (C=N–C) groups is 1. The zero-order valence-corrected chi connectivity index (χ0v) is 14.9. The molecule has 0 saturated heterocycles. The number of nitrogens with one attached hydrogen (secondary N) is 2. The van der Waals surface area contributed by atoms with E-state index in [1.165, 1.54) is 0 Å². The number of hydrogen-bond donors (Lipinski definition) is 2. The molecule has 0 atom stereocenters. The number of hydrogen-bond acceptors (Lipinski definition) is 3. The molecule has 0 aromatic carbocycles. The van der Waals surface area contributed by atoms with Crippen molar-refractivity contribution in [2.24, 2.45) is 4.99 Å². The zero-order chi connectivity index (χ0) is 15.1. The fraction of sp³-hybridized carbons (Fsp3) is 0.267. The lowest BCUT2D eigenvalue weighted by atomic mass is 10.3. The van der Waals surface area contributed by atoms with Gasteiger partial charge in [-0.3, -0.25) is 9.56 Å². The second-order valence-corrected chi connectivity index (χ2v) is 4.35. The molecule has 0 radical (unpaired) electrons. The van der Waals surface area contributed by atoms with Crippen molar-refractivity contribution in [3.05, 3.63) is 42.1 Å². The number of rotatable bonds is 4. The van der Waals surface area contributed by atoms with Gasteiger partial charge >= 0.3 is 0 Å². The molecule has 2 rings (SSSR count). The summed E-state index contributed by atoms with van der Waals surface area (Å²) in [6, 6.07) is 3.98. The molecule has 2 N–H and O–H groups in total. The van der Waals surface area contributed by atoms with Crippen LogP contribution in [-0.4, -0.2) is 34.1 Å². The first kappa shape index (κ1) is 18.0. The van der Waals surface area contributed by atoms with E-state index in [4.69, 9.17) is 6.42 Å². The molecule has 0 amide bonds. The van der Waals surface area contributed by atoms with E-state index in [9.17, 15) is 0 Å². The van der Waals surface area contributed by atoms with Gasteiger partial charge in [0.25, 0.3) is 0 Å². The lowest BCUT2D eigenvalue weighted by Crippen LogP contribution is -2.36. The van der Waals surface area contributed by atoms with Crippen LogP contribution in [0.1, 0.15) is 11.4 Å². The van der Waals surface area contributed by atoms with Crippen LogP contribution in [0.5, 0.6) is 0 Å². The summed E-state index contributed by atoms with van der Waals surface area (Å²) in [4.78, 5) is 12.7. The van der Waals surface area contributed by atoms with Gasteiger partial charge in [0.15, 0.2) is 5.96 Å². The van der Waals surface area contributed by atoms with E-state index in [2.05, 4.69) is 31.5 Å². The standard InChI is InChI=1S/C15H18N6.HI/c1-4-7-18-15(16-3)20-11-13-5-6-14(19-10-13)21-9-8-17-12(21)2;/h1,5-6,8-10H,7,11H2,2-3H3,(H2,16,18,20);1H.